The number of rotatable bonds is 8. The monoisotopic (exact) mass is 264 g/mol. The van der Waals surface area contributed by atoms with Crippen molar-refractivity contribution in [2.45, 2.75) is 32.8 Å². The minimum absolute atomic E-state index is 0.0270. The molecule has 1 aromatic carbocycles. The second-order valence-corrected chi connectivity index (χ2v) is 4.22. The molecule has 0 spiro atoms. The first kappa shape index (κ1) is 15.1. The van der Waals surface area contributed by atoms with Gasteiger partial charge in [0.05, 0.1) is 13.0 Å². The molecule has 0 saturated heterocycles. The molecule has 4 heteroatoms. The van der Waals surface area contributed by atoms with Crippen molar-refractivity contribution in [1.29, 1.82) is 0 Å². The quantitative estimate of drug-likeness (QED) is 0.733. The van der Waals surface area contributed by atoms with Crippen LogP contribution in [-0.2, 0) is 11.2 Å². The summed E-state index contributed by atoms with van der Waals surface area (Å²) in [5.74, 6) is 0.582. The summed E-state index contributed by atoms with van der Waals surface area (Å²) in [4.78, 5) is 10.6. The van der Waals surface area contributed by atoms with Crippen LogP contribution in [0.25, 0.3) is 0 Å². The first-order valence-electron chi connectivity index (χ1n) is 6.31. The molecule has 1 atom stereocenters. The second kappa shape index (κ2) is 7.46. The molecule has 0 radical (unpaired) electrons. The summed E-state index contributed by atoms with van der Waals surface area (Å²) in [7, 11) is 0. The maximum absolute atomic E-state index is 10.6. The van der Waals surface area contributed by atoms with Gasteiger partial charge >= 0.3 is 5.97 Å². The number of ether oxygens (including phenoxy) is 2. The molecule has 0 amide bonds. The molecule has 0 unspecified atom stereocenters. The topological polar surface area (TPSA) is 55.8 Å². The van der Waals surface area contributed by atoms with Crippen LogP contribution in [0.15, 0.2) is 30.9 Å². The molecule has 1 N–H and O–H groups in total. The van der Waals surface area contributed by atoms with E-state index in [1.807, 2.05) is 25.1 Å². The van der Waals surface area contributed by atoms with E-state index in [-0.39, 0.29) is 12.5 Å². The second-order valence-electron chi connectivity index (χ2n) is 4.22. The molecule has 0 aliphatic carbocycles. The van der Waals surface area contributed by atoms with Crippen LogP contribution in [-0.4, -0.2) is 23.8 Å². The minimum atomic E-state index is -0.872. The average Bonchev–Trinajstić information content (AvgIpc) is 2.32. The Balaban J connectivity index is 2.86. The summed E-state index contributed by atoms with van der Waals surface area (Å²) in [6.07, 6.45) is 2.02. The van der Waals surface area contributed by atoms with Crippen LogP contribution in [0.4, 0.5) is 0 Å². The molecule has 0 aliphatic heterocycles. The predicted octanol–water partition coefficient (Wildman–Crippen LogP) is 3.06. The average molecular weight is 264 g/mol. The fourth-order valence-electron chi connectivity index (χ4n) is 1.75. The van der Waals surface area contributed by atoms with Crippen LogP contribution in [0.3, 0.4) is 0 Å². The van der Waals surface area contributed by atoms with E-state index in [2.05, 4.69) is 6.58 Å². The van der Waals surface area contributed by atoms with Gasteiger partial charge in [-0.3, -0.25) is 4.79 Å². The molecule has 19 heavy (non-hydrogen) atoms. The zero-order valence-corrected chi connectivity index (χ0v) is 11.4. The van der Waals surface area contributed by atoms with E-state index >= 15 is 0 Å². The molecule has 0 bridgehead atoms. The van der Waals surface area contributed by atoms with Gasteiger partial charge in [0.15, 0.2) is 0 Å². The predicted molar refractivity (Wildman–Crippen MR) is 73.9 cm³/mol. The number of allylic oxidation sites excluding steroid dienone is 1. The zero-order chi connectivity index (χ0) is 14.3. The van der Waals surface area contributed by atoms with Crippen LogP contribution in [0, 0.1) is 0 Å². The van der Waals surface area contributed by atoms with Gasteiger partial charge in [-0.1, -0.05) is 6.08 Å². The number of aliphatic carboxylic acids is 1. The van der Waals surface area contributed by atoms with Gasteiger partial charge < -0.3 is 14.6 Å². The van der Waals surface area contributed by atoms with Gasteiger partial charge in [-0.05, 0) is 38.5 Å². The molecular formula is C15H20O4. The maximum Gasteiger partial charge on any atom is 0.307 e. The van der Waals surface area contributed by atoms with Crippen molar-refractivity contribution in [3.05, 3.63) is 36.4 Å². The van der Waals surface area contributed by atoms with E-state index in [1.54, 1.807) is 13.0 Å². The third-order valence-electron chi connectivity index (χ3n) is 2.50. The molecule has 0 heterocycles. The van der Waals surface area contributed by atoms with E-state index in [0.29, 0.717) is 18.8 Å². The summed E-state index contributed by atoms with van der Waals surface area (Å²) in [5.41, 5.74) is 0.943. The van der Waals surface area contributed by atoms with Crippen LogP contribution >= 0.6 is 0 Å². The molecule has 1 rings (SSSR count). The Bertz CT molecular complexity index is 440. The number of benzene rings is 1. The van der Waals surface area contributed by atoms with Crippen LogP contribution in [0.2, 0.25) is 0 Å². The van der Waals surface area contributed by atoms with Gasteiger partial charge in [0.1, 0.15) is 17.6 Å². The molecule has 0 aliphatic rings. The van der Waals surface area contributed by atoms with Gasteiger partial charge in [0.2, 0.25) is 0 Å². The smallest absolute Gasteiger partial charge is 0.307 e. The zero-order valence-electron chi connectivity index (χ0n) is 11.4. The fraction of sp³-hybridized carbons (Fsp3) is 0.400. The van der Waals surface area contributed by atoms with E-state index in [9.17, 15) is 4.79 Å². The highest BCUT2D eigenvalue weighted by atomic mass is 16.5. The summed E-state index contributed by atoms with van der Waals surface area (Å²) in [5, 5.41) is 8.73. The van der Waals surface area contributed by atoms with E-state index in [0.717, 1.165) is 11.3 Å². The van der Waals surface area contributed by atoms with Crippen molar-refractivity contribution in [3.8, 4) is 11.5 Å². The number of carboxylic acids is 1. The number of hydrogen-bond donors (Lipinski definition) is 1. The number of hydrogen-bond acceptors (Lipinski definition) is 3. The van der Waals surface area contributed by atoms with E-state index in [4.69, 9.17) is 14.6 Å². The summed E-state index contributed by atoms with van der Waals surface area (Å²) in [6.45, 7) is 7.97. The largest absolute Gasteiger partial charge is 0.494 e. The molecule has 0 fully saturated rings. The lowest BCUT2D eigenvalue weighted by atomic mass is 10.1. The van der Waals surface area contributed by atoms with Crippen molar-refractivity contribution in [2.24, 2.45) is 0 Å². The Morgan fingerprint density at radius 1 is 1.53 bits per heavy atom. The van der Waals surface area contributed by atoms with Crippen LogP contribution in [0.5, 0.6) is 11.5 Å². The Kier molecular flexibility index (Phi) is 5.93. The molecule has 1 aromatic rings. The summed E-state index contributed by atoms with van der Waals surface area (Å²) < 4.78 is 11.1. The SMILES string of the molecule is C=CCc1cc(OCC)ccc1O[C@H](C)CC(=O)O. The molecule has 0 aromatic heterocycles. The third-order valence-corrected chi connectivity index (χ3v) is 2.50. The van der Waals surface area contributed by atoms with Crippen molar-refractivity contribution in [2.75, 3.05) is 6.61 Å². The van der Waals surface area contributed by atoms with Crippen molar-refractivity contribution < 1.29 is 19.4 Å². The van der Waals surface area contributed by atoms with Gasteiger partial charge in [-0.2, -0.15) is 0 Å². The molecule has 4 nitrogen and oxygen atoms in total. The lowest BCUT2D eigenvalue weighted by Gasteiger charge is -2.16. The highest BCUT2D eigenvalue weighted by Gasteiger charge is 2.12. The number of carboxylic acid groups (broad SMARTS) is 1. The first-order chi connectivity index (χ1) is 9.06. The highest BCUT2D eigenvalue weighted by molar-refractivity contribution is 5.67. The summed E-state index contributed by atoms with van der Waals surface area (Å²) >= 11 is 0. The lowest BCUT2D eigenvalue weighted by molar-refractivity contribution is -0.138. The molecule has 0 saturated carbocycles. The van der Waals surface area contributed by atoms with Crippen molar-refractivity contribution in [1.82, 2.24) is 0 Å². The van der Waals surface area contributed by atoms with Crippen LogP contribution in [0.1, 0.15) is 25.8 Å². The van der Waals surface area contributed by atoms with E-state index < -0.39 is 5.97 Å². The Morgan fingerprint density at radius 3 is 2.84 bits per heavy atom. The standard InChI is InChI=1S/C15H20O4/c1-4-6-12-10-13(18-5-2)7-8-14(12)19-11(3)9-15(16)17/h4,7-8,10-11H,1,5-6,9H2,2-3H3,(H,16,17)/t11-/m1/s1. The Labute approximate surface area is 113 Å². The Morgan fingerprint density at radius 2 is 2.26 bits per heavy atom. The van der Waals surface area contributed by atoms with Crippen molar-refractivity contribution >= 4 is 5.97 Å². The molecular weight excluding hydrogens is 244 g/mol. The fourth-order valence-corrected chi connectivity index (χ4v) is 1.75. The number of carbonyl (C=O) groups is 1. The highest BCUT2D eigenvalue weighted by Crippen LogP contribution is 2.26. The van der Waals surface area contributed by atoms with Gasteiger partial charge in [0.25, 0.3) is 0 Å². The molecule has 104 valence electrons. The van der Waals surface area contributed by atoms with Crippen molar-refractivity contribution in [3.63, 3.8) is 0 Å². The minimum Gasteiger partial charge on any atom is -0.494 e. The maximum atomic E-state index is 10.6. The first-order valence-corrected chi connectivity index (χ1v) is 6.31. The normalized spacial score (nSPS) is 11.7. The summed E-state index contributed by atoms with van der Waals surface area (Å²) in [6, 6.07) is 5.52. The van der Waals surface area contributed by atoms with E-state index in [1.165, 1.54) is 0 Å². The van der Waals surface area contributed by atoms with Gasteiger partial charge in [-0.25, -0.2) is 0 Å². The third kappa shape index (κ3) is 5.04. The van der Waals surface area contributed by atoms with Gasteiger partial charge in [-0.15, -0.1) is 6.58 Å². The van der Waals surface area contributed by atoms with Gasteiger partial charge in [0, 0.05) is 5.56 Å². The lowest BCUT2D eigenvalue weighted by Crippen LogP contribution is -2.17. The van der Waals surface area contributed by atoms with Crippen LogP contribution < -0.4 is 9.47 Å². The Hall–Kier alpha value is -1.97.